The Balaban J connectivity index is 3.04. The molecule has 0 fully saturated rings. The van der Waals surface area contributed by atoms with E-state index in [1.54, 1.807) is 0 Å². The molecule has 78 valence electrons. The SMILES string of the molecule is COC(=O)NCCCCNC(C)C. The largest absolute Gasteiger partial charge is 0.453 e. The number of hydrogen-bond acceptors (Lipinski definition) is 3. The minimum Gasteiger partial charge on any atom is -0.453 e. The van der Waals surface area contributed by atoms with E-state index in [1.165, 1.54) is 7.11 Å². The summed E-state index contributed by atoms with van der Waals surface area (Å²) >= 11 is 0. The molecule has 0 unspecified atom stereocenters. The molecule has 4 heteroatoms. The summed E-state index contributed by atoms with van der Waals surface area (Å²) < 4.78 is 4.43. The van der Waals surface area contributed by atoms with Gasteiger partial charge in [0.15, 0.2) is 0 Å². The third-order valence-electron chi connectivity index (χ3n) is 1.61. The Morgan fingerprint density at radius 1 is 1.31 bits per heavy atom. The lowest BCUT2D eigenvalue weighted by Gasteiger charge is -2.07. The lowest BCUT2D eigenvalue weighted by Crippen LogP contribution is -2.26. The van der Waals surface area contributed by atoms with Gasteiger partial charge in [0.1, 0.15) is 0 Å². The van der Waals surface area contributed by atoms with E-state index in [9.17, 15) is 4.79 Å². The number of nitrogens with one attached hydrogen (secondary N) is 2. The quantitative estimate of drug-likeness (QED) is 0.614. The number of alkyl carbamates (subject to hydrolysis) is 1. The van der Waals surface area contributed by atoms with Crippen LogP contribution in [0.5, 0.6) is 0 Å². The Labute approximate surface area is 80.0 Å². The summed E-state index contributed by atoms with van der Waals surface area (Å²) in [5, 5.41) is 5.94. The molecule has 2 N–H and O–H groups in total. The molecule has 0 aromatic rings. The van der Waals surface area contributed by atoms with Crippen LogP contribution in [0.4, 0.5) is 4.79 Å². The smallest absolute Gasteiger partial charge is 0.406 e. The Morgan fingerprint density at radius 3 is 2.46 bits per heavy atom. The number of hydrogen-bond donors (Lipinski definition) is 2. The predicted octanol–water partition coefficient (Wildman–Crippen LogP) is 1.12. The van der Waals surface area contributed by atoms with E-state index in [1.807, 2.05) is 0 Å². The number of amides is 1. The minimum absolute atomic E-state index is 0.350. The van der Waals surface area contributed by atoms with Gasteiger partial charge >= 0.3 is 6.09 Å². The number of rotatable bonds is 6. The van der Waals surface area contributed by atoms with Gasteiger partial charge in [0, 0.05) is 12.6 Å². The number of carbonyl (C=O) groups excluding carboxylic acids is 1. The van der Waals surface area contributed by atoms with Crippen molar-refractivity contribution in [3.05, 3.63) is 0 Å². The van der Waals surface area contributed by atoms with Crippen LogP contribution >= 0.6 is 0 Å². The van der Waals surface area contributed by atoms with Crippen molar-refractivity contribution < 1.29 is 9.53 Å². The van der Waals surface area contributed by atoms with E-state index in [-0.39, 0.29) is 6.09 Å². The molecule has 0 atom stereocenters. The Bertz CT molecular complexity index is 138. The predicted molar refractivity (Wildman–Crippen MR) is 52.8 cm³/mol. The summed E-state index contributed by atoms with van der Waals surface area (Å²) in [6.07, 6.45) is 1.70. The van der Waals surface area contributed by atoms with Crippen molar-refractivity contribution in [2.45, 2.75) is 32.7 Å². The van der Waals surface area contributed by atoms with Crippen molar-refractivity contribution in [2.75, 3.05) is 20.2 Å². The number of carbonyl (C=O) groups is 1. The molecule has 0 aromatic carbocycles. The summed E-state index contributed by atoms with van der Waals surface area (Å²) in [4.78, 5) is 10.6. The molecule has 0 aliphatic rings. The number of methoxy groups -OCH3 is 1. The monoisotopic (exact) mass is 188 g/mol. The molecule has 0 aromatic heterocycles. The van der Waals surface area contributed by atoms with Crippen molar-refractivity contribution in [2.24, 2.45) is 0 Å². The van der Waals surface area contributed by atoms with E-state index in [0.717, 1.165) is 19.4 Å². The van der Waals surface area contributed by atoms with Gasteiger partial charge in [-0.25, -0.2) is 4.79 Å². The third-order valence-corrected chi connectivity index (χ3v) is 1.61. The second-order valence-electron chi connectivity index (χ2n) is 3.23. The molecule has 0 aliphatic carbocycles. The average molecular weight is 188 g/mol. The summed E-state index contributed by atoms with van der Waals surface area (Å²) in [6, 6.07) is 0.536. The van der Waals surface area contributed by atoms with Gasteiger partial charge in [-0.15, -0.1) is 0 Å². The zero-order chi connectivity index (χ0) is 10.1. The molecule has 0 bridgehead atoms. The fraction of sp³-hybridized carbons (Fsp3) is 0.889. The van der Waals surface area contributed by atoms with Gasteiger partial charge in [0.25, 0.3) is 0 Å². The Morgan fingerprint density at radius 2 is 1.92 bits per heavy atom. The molecule has 0 aliphatic heterocycles. The maximum absolute atomic E-state index is 10.6. The van der Waals surface area contributed by atoms with Crippen LogP contribution in [0, 0.1) is 0 Å². The van der Waals surface area contributed by atoms with Gasteiger partial charge in [-0.2, -0.15) is 0 Å². The van der Waals surface area contributed by atoms with Crippen LogP contribution in [-0.2, 0) is 4.74 Å². The van der Waals surface area contributed by atoms with Crippen LogP contribution < -0.4 is 10.6 Å². The molecular weight excluding hydrogens is 168 g/mol. The lowest BCUT2D eigenvalue weighted by atomic mass is 10.3. The molecule has 0 radical (unpaired) electrons. The maximum Gasteiger partial charge on any atom is 0.406 e. The maximum atomic E-state index is 10.6. The van der Waals surface area contributed by atoms with E-state index < -0.39 is 0 Å². The normalized spacial score (nSPS) is 10.2. The van der Waals surface area contributed by atoms with Gasteiger partial charge in [0.05, 0.1) is 7.11 Å². The van der Waals surface area contributed by atoms with Crippen LogP contribution in [0.1, 0.15) is 26.7 Å². The Hall–Kier alpha value is -0.770. The van der Waals surface area contributed by atoms with Gasteiger partial charge in [-0.05, 0) is 19.4 Å². The second kappa shape index (κ2) is 7.86. The van der Waals surface area contributed by atoms with Crippen LogP contribution in [0.15, 0.2) is 0 Å². The topological polar surface area (TPSA) is 50.4 Å². The molecule has 0 heterocycles. The highest BCUT2D eigenvalue weighted by Crippen LogP contribution is 1.86. The molecule has 0 saturated heterocycles. The molecular formula is C9H20N2O2. The second-order valence-corrected chi connectivity index (χ2v) is 3.23. The van der Waals surface area contributed by atoms with Crippen molar-refractivity contribution in [3.8, 4) is 0 Å². The van der Waals surface area contributed by atoms with Crippen LogP contribution in [0.3, 0.4) is 0 Å². The van der Waals surface area contributed by atoms with E-state index in [2.05, 4.69) is 29.2 Å². The van der Waals surface area contributed by atoms with Crippen molar-refractivity contribution in [1.82, 2.24) is 10.6 Å². The molecule has 0 rings (SSSR count). The Kier molecular flexibility index (Phi) is 7.39. The highest BCUT2D eigenvalue weighted by atomic mass is 16.5. The lowest BCUT2D eigenvalue weighted by molar-refractivity contribution is 0.171. The van der Waals surface area contributed by atoms with Crippen LogP contribution in [-0.4, -0.2) is 32.3 Å². The molecule has 1 amide bonds. The van der Waals surface area contributed by atoms with Gasteiger partial charge < -0.3 is 15.4 Å². The number of unbranched alkanes of at least 4 members (excludes halogenated alkanes) is 1. The van der Waals surface area contributed by atoms with Gasteiger partial charge in [-0.1, -0.05) is 13.8 Å². The van der Waals surface area contributed by atoms with Gasteiger partial charge in [-0.3, -0.25) is 0 Å². The molecule has 4 nitrogen and oxygen atoms in total. The van der Waals surface area contributed by atoms with E-state index >= 15 is 0 Å². The zero-order valence-electron chi connectivity index (χ0n) is 8.72. The summed E-state index contributed by atoms with van der Waals surface area (Å²) in [6.45, 7) is 5.92. The summed E-state index contributed by atoms with van der Waals surface area (Å²) in [5.41, 5.74) is 0. The highest BCUT2D eigenvalue weighted by Gasteiger charge is 1.96. The molecule has 0 saturated carbocycles. The van der Waals surface area contributed by atoms with Crippen LogP contribution in [0.2, 0.25) is 0 Å². The standard InChI is InChI=1S/C9H20N2O2/c1-8(2)10-6-4-5-7-11-9(12)13-3/h8,10H,4-7H2,1-3H3,(H,11,12). The van der Waals surface area contributed by atoms with Crippen molar-refractivity contribution in [1.29, 1.82) is 0 Å². The van der Waals surface area contributed by atoms with Gasteiger partial charge in [0.2, 0.25) is 0 Å². The van der Waals surface area contributed by atoms with Crippen molar-refractivity contribution in [3.63, 3.8) is 0 Å². The zero-order valence-corrected chi connectivity index (χ0v) is 8.72. The fourth-order valence-electron chi connectivity index (χ4n) is 0.903. The van der Waals surface area contributed by atoms with Crippen LogP contribution in [0.25, 0.3) is 0 Å². The molecule has 0 spiro atoms. The number of ether oxygens (including phenoxy) is 1. The average Bonchev–Trinajstić information content (AvgIpc) is 2.10. The summed E-state index contributed by atoms with van der Waals surface area (Å²) in [7, 11) is 1.37. The van der Waals surface area contributed by atoms with E-state index in [4.69, 9.17) is 0 Å². The minimum atomic E-state index is -0.350. The first-order chi connectivity index (χ1) is 6.16. The molecule has 13 heavy (non-hydrogen) atoms. The third kappa shape index (κ3) is 9.14. The van der Waals surface area contributed by atoms with E-state index in [0.29, 0.717) is 12.6 Å². The first-order valence-electron chi connectivity index (χ1n) is 4.72. The first-order valence-corrected chi connectivity index (χ1v) is 4.72. The first kappa shape index (κ1) is 12.2. The summed E-state index contributed by atoms with van der Waals surface area (Å²) in [5.74, 6) is 0. The van der Waals surface area contributed by atoms with Crippen molar-refractivity contribution >= 4 is 6.09 Å². The fourth-order valence-corrected chi connectivity index (χ4v) is 0.903. The highest BCUT2D eigenvalue weighted by molar-refractivity contribution is 5.66.